The number of rotatable bonds is 7. The van der Waals surface area contributed by atoms with E-state index >= 15 is 0 Å². The zero-order valence-corrected chi connectivity index (χ0v) is 19.4. The molecule has 0 spiro atoms. The molecule has 2 aromatic rings. The second-order valence-corrected chi connectivity index (χ2v) is 8.40. The molecule has 170 valence electrons. The number of carbonyl (C=O) groups is 2. The molecule has 0 atom stereocenters. The monoisotopic (exact) mass is 456 g/mol. The molecule has 1 heterocycles. The summed E-state index contributed by atoms with van der Waals surface area (Å²) in [5.74, 6) is 0.820. The molecule has 6 nitrogen and oxygen atoms in total. The molecule has 32 heavy (non-hydrogen) atoms. The fraction of sp³-hybridized carbons (Fsp3) is 0.360. The van der Waals surface area contributed by atoms with E-state index in [1.165, 1.54) is 6.08 Å². The minimum atomic E-state index is -0.0974. The Morgan fingerprint density at radius 3 is 2.47 bits per heavy atom. The van der Waals surface area contributed by atoms with Gasteiger partial charge in [0, 0.05) is 30.8 Å². The van der Waals surface area contributed by atoms with Crippen molar-refractivity contribution in [2.75, 3.05) is 25.5 Å². The normalized spacial score (nSPS) is 14.6. The third-order valence-corrected chi connectivity index (χ3v) is 5.52. The van der Waals surface area contributed by atoms with E-state index in [9.17, 15) is 9.59 Å². The quantitative estimate of drug-likeness (QED) is 0.593. The van der Waals surface area contributed by atoms with E-state index in [-0.39, 0.29) is 23.8 Å². The van der Waals surface area contributed by atoms with Gasteiger partial charge in [-0.1, -0.05) is 29.8 Å². The Bertz CT molecular complexity index is 967. The van der Waals surface area contributed by atoms with Crippen molar-refractivity contribution in [1.82, 2.24) is 4.90 Å². The van der Waals surface area contributed by atoms with Crippen LogP contribution in [0.1, 0.15) is 32.3 Å². The maximum absolute atomic E-state index is 12.6. The number of para-hydroxylation sites is 1. The van der Waals surface area contributed by atoms with Gasteiger partial charge in [-0.15, -0.1) is 0 Å². The van der Waals surface area contributed by atoms with Crippen molar-refractivity contribution in [2.45, 2.75) is 32.8 Å². The van der Waals surface area contributed by atoms with Crippen LogP contribution in [-0.4, -0.2) is 43.0 Å². The summed E-state index contributed by atoms with van der Waals surface area (Å²) in [7, 11) is 1.55. The van der Waals surface area contributed by atoms with Crippen LogP contribution in [-0.2, 0) is 9.59 Å². The van der Waals surface area contributed by atoms with Crippen molar-refractivity contribution in [3.63, 3.8) is 0 Å². The van der Waals surface area contributed by atoms with Crippen molar-refractivity contribution in [1.29, 1.82) is 0 Å². The third kappa shape index (κ3) is 6.26. The average molecular weight is 457 g/mol. The summed E-state index contributed by atoms with van der Waals surface area (Å²) in [6.45, 7) is 4.91. The number of piperidine rings is 1. The fourth-order valence-electron chi connectivity index (χ4n) is 3.59. The number of anilines is 1. The third-order valence-electron chi connectivity index (χ3n) is 5.24. The van der Waals surface area contributed by atoms with E-state index in [1.807, 2.05) is 44.2 Å². The number of methoxy groups -OCH3 is 1. The molecule has 3 rings (SSSR count). The summed E-state index contributed by atoms with van der Waals surface area (Å²) in [4.78, 5) is 26.9. The van der Waals surface area contributed by atoms with E-state index in [4.69, 9.17) is 21.1 Å². The van der Waals surface area contributed by atoms with Gasteiger partial charge < -0.3 is 19.7 Å². The summed E-state index contributed by atoms with van der Waals surface area (Å²) in [6, 6.07) is 12.9. The molecule has 0 saturated carbocycles. The van der Waals surface area contributed by atoms with Crippen LogP contribution in [0.15, 0.2) is 48.5 Å². The molecule has 1 N–H and O–H groups in total. The number of hydrogen-bond acceptors (Lipinski definition) is 4. The molecule has 2 amide bonds. The van der Waals surface area contributed by atoms with E-state index in [2.05, 4.69) is 5.32 Å². The Morgan fingerprint density at radius 1 is 1.16 bits per heavy atom. The Balaban J connectivity index is 1.56. The first-order valence-electron chi connectivity index (χ1n) is 10.7. The number of ether oxygens (including phenoxy) is 2. The van der Waals surface area contributed by atoms with Crippen LogP contribution >= 0.6 is 11.6 Å². The minimum Gasteiger partial charge on any atom is -0.493 e. The summed E-state index contributed by atoms with van der Waals surface area (Å²) in [5, 5.41) is 3.37. The number of hydrogen-bond donors (Lipinski definition) is 1. The van der Waals surface area contributed by atoms with E-state index in [0.717, 1.165) is 11.3 Å². The van der Waals surface area contributed by atoms with Gasteiger partial charge in [0.1, 0.15) is 0 Å². The van der Waals surface area contributed by atoms with Gasteiger partial charge in [0.2, 0.25) is 11.8 Å². The zero-order chi connectivity index (χ0) is 23.1. The summed E-state index contributed by atoms with van der Waals surface area (Å²) in [6.07, 6.45) is 4.47. The SMILES string of the molecule is COc1cc(/C=C/C(=O)N2CCC(C(=O)Nc3ccccc3)CC2)cc(Cl)c1OC(C)C. The number of nitrogens with zero attached hydrogens (tertiary/aromatic N) is 1. The minimum absolute atomic E-state index is 0.00397. The first-order chi connectivity index (χ1) is 15.4. The highest BCUT2D eigenvalue weighted by atomic mass is 35.5. The Hall–Kier alpha value is -2.99. The highest BCUT2D eigenvalue weighted by Crippen LogP contribution is 2.37. The largest absolute Gasteiger partial charge is 0.493 e. The van der Waals surface area contributed by atoms with Crippen LogP contribution in [0.25, 0.3) is 6.08 Å². The maximum atomic E-state index is 12.6. The first-order valence-corrected chi connectivity index (χ1v) is 11.1. The Morgan fingerprint density at radius 2 is 1.84 bits per heavy atom. The molecule has 1 fully saturated rings. The zero-order valence-electron chi connectivity index (χ0n) is 18.6. The van der Waals surface area contributed by atoms with Gasteiger partial charge in [-0.3, -0.25) is 9.59 Å². The summed E-state index contributed by atoms with van der Waals surface area (Å²) >= 11 is 6.35. The molecule has 0 aromatic heterocycles. The van der Waals surface area contributed by atoms with Gasteiger partial charge in [-0.05, 0) is 62.6 Å². The predicted octanol–water partition coefficient (Wildman–Crippen LogP) is 5.03. The van der Waals surface area contributed by atoms with Gasteiger partial charge in [0.15, 0.2) is 11.5 Å². The molecule has 0 aliphatic carbocycles. The Labute approximate surface area is 194 Å². The van der Waals surface area contributed by atoms with Crippen LogP contribution in [0.4, 0.5) is 5.69 Å². The van der Waals surface area contributed by atoms with E-state index < -0.39 is 0 Å². The molecular formula is C25H29ClN2O4. The van der Waals surface area contributed by atoms with Gasteiger partial charge in [0.05, 0.1) is 18.2 Å². The molecule has 0 bridgehead atoms. The standard InChI is InChI=1S/C25H29ClN2O4/c1-17(2)32-24-21(26)15-18(16-22(24)31-3)9-10-23(29)28-13-11-19(12-14-28)25(30)27-20-7-5-4-6-8-20/h4-10,15-17,19H,11-14H2,1-3H3,(H,27,30)/b10-9+. The smallest absolute Gasteiger partial charge is 0.246 e. The fourth-order valence-corrected chi connectivity index (χ4v) is 3.85. The second-order valence-electron chi connectivity index (χ2n) is 7.99. The number of halogens is 1. The number of amides is 2. The lowest BCUT2D eigenvalue weighted by molar-refractivity contribution is -0.130. The van der Waals surface area contributed by atoms with Crippen LogP contribution in [0, 0.1) is 5.92 Å². The molecule has 0 unspecified atom stereocenters. The molecule has 1 aliphatic heterocycles. The average Bonchev–Trinajstić information content (AvgIpc) is 2.79. The number of carbonyl (C=O) groups excluding carboxylic acids is 2. The Kier molecular flexibility index (Phi) is 8.17. The van der Waals surface area contributed by atoms with Crippen molar-refractivity contribution in [3.05, 3.63) is 59.1 Å². The van der Waals surface area contributed by atoms with Crippen molar-refractivity contribution < 1.29 is 19.1 Å². The highest BCUT2D eigenvalue weighted by Gasteiger charge is 2.26. The van der Waals surface area contributed by atoms with Gasteiger partial charge in [-0.25, -0.2) is 0 Å². The molecule has 7 heteroatoms. The van der Waals surface area contributed by atoms with Crippen LogP contribution < -0.4 is 14.8 Å². The van der Waals surface area contributed by atoms with Crippen LogP contribution in [0.3, 0.4) is 0 Å². The predicted molar refractivity (Wildman–Crippen MR) is 127 cm³/mol. The molecule has 2 aromatic carbocycles. The van der Waals surface area contributed by atoms with Crippen molar-refractivity contribution >= 4 is 35.2 Å². The van der Waals surface area contributed by atoms with Crippen molar-refractivity contribution in [3.8, 4) is 11.5 Å². The van der Waals surface area contributed by atoms with Crippen LogP contribution in [0.2, 0.25) is 5.02 Å². The maximum Gasteiger partial charge on any atom is 0.246 e. The van der Waals surface area contributed by atoms with E-state index in [0.29, 0.717) is 42.5 Å². The lowest BCUT2D eigenvalue weighted by atomic mass is 9.95. The number of nitrogens with one attached hydrogen (secondary N) is 1. The lowest BCUT2D eigenvalue weighted by Crippen LogP contribution is -2.40. The molecule has 1 aliphatic rings. The van der Waals surface area contributed by atoms with Crippen LogP contribution in [0.5, 0.6) is 11.5 Å². The first kappa shape index (κ1) is 23.7. The number of benzene rings is 2. The topological polar surface area (TPSA) is 67.9 Å². The van der Waals surface area contributed by atoms with Gasteiger partial charge in [-0.2, -0.15) is 0 Å². The summed E-state index contributed by atoms with van der Waals surface area (Å²) in [5.41, 5.74) is 1.53. The van der Waals surface area contributed by atoms with Gasteiger partial charge >= 0.3 is 0 Å². The molecule has 1 saturated heterocycles. The summed E-state index contributed by atoms with van der Waals surface area (Å²) < 4.78 is 11.1. The number of likely N-dealkylation sites (tertiary alicyclic amines) is 1. The lowest BCUT2D eigenvalue weighted by Gasteiger charge is -2.30. The molecular weight excluding hydrogens is 428 g/mol. The molecule has 0 radical (unpaired) electrons. The van der Waals surface area contributed by atoms with E-state index in [1.54, 1.807) is 30.2 Å². The highest BCUT2D eigenvalue weighted by molar-refractivity contribution is 6.32. The van der Waals surface area contributed by atoms with Gasteiger partial charge in [0.25, 0.3) is 0 Å². The van der Waals surface area contributed by atoms with Crippen molar-refractivity contribution in [2.24, 2.45) is 5.92 Å². The second kappa shape index (κ2) is 11.0.